The number of nitrogens with two attached hydrogens (primary N) is 1. The molecule has 0 radical (unpaired) electrons. The molecule has 1 rings (SSSR count). The van der Waals surface area contributed by atoms with Crippen LogP contribution in [0.2, 0.25) is 0 Å². The van der Waals surface area contributed by atoms with Gasteiger partial charge in [-0.3, -0.25) is 4.79 Å². The molecule has 0 spiro atoms. The average molecular weight is 277 g/mol. The van der Waals surface area contributed by atoms with Crippen LogP contribution in [-0.2, 0) is 11.0 Å². The quantitative estimate of drug-likeness (QED) is 0.833. The molecule has 0 saturated heterocycles. The molecule has 3 N–H and O–H groups in total. The molecule has 9 heteroatoms. The maximum Gasteiger partial charge on any atom is 0.451 e. The Bertz CT molecular complexity index is 463. The predicted octanol–water partition coefficient (Wildman–Crippen LogP) is 0.849. The molecule has 1 amide bonds. The Kier molecular flexibility index (Phi) is 4.52. The van der Waals surface area contributed by atoms with E-state index in [0.717, 1.165) is 0 Å². The molecular formula is C10H14F3N5O. The number of aromatic nitrogens is 2. The highest BCUT2D eigenvalue weighted by atomic mass is 19.4. The van der Waals surface area contributed by atoms with Crippen molar-refractivity contribution in [2.24, 2.45) is 5.73 Å². The van der Waals surface area contributed by atoms with E-state index in [9.17, 15) is 18.0 Å². The minimum absolute atomic E-state index is 0.00650. The Morgan fingerprint density at radius 2 is 2.11 bits per heavy atom. The molecule has 19 heavy (non-hydrogen) atoms. The number of carbonyl (C=O) groups is 1. The molecule has 6 nitrogen and oxygen atoms in total. The van der Waals surface area contributed by atoms with Crippen molar-refractivity contribution in [3.63, 3.8) is 0 Å². The number of nitrogens with zero attached hydrogens (tertiary/aromatic N) is 3. The van der Waals surface area contributed by atoms with E-state index >= 15 is 0 Å². The first-order chi connectivity index (χ1) is 8.77. The van der Waals surface area contributed by atoms with Crippen LogP contribution in [0.5, 0.6) is 0 Å². The number of halogens is 3. The van der Waals surface area contributed by atoms with Crippen molar-refractivity contribution in [2.75, 3.05) is 30.4 Å². The van der Waals surface area contributed by atoms with Gasteiger partial charge in [-0.25, -0.2) is 9.97 Å². The van der Waals surface area contributed by atoms with E-state index in [1.165, 1.54) is 18.0 Å². The fourth-order valence-electron chi connectivity index (χ4n) is 1.39. The number of hydrogen-bond donors (Lipinski definition) is 2. The standard InChI is InChI=1S/C10H14F3N5O/c1-3-18(5-6(14)19)8-4-7(15-2)16-9(17-8)10(11,12)13/h4H,3,5H2,1-2H3,(H2,14,19)(H,15,16,17). The Hall–Kier alpha value is -2.06. The minimum atomic E-state index is -4.66. The second kappa shape index (κ2) is 5.72. The molecule has 0 aliphatic heterocycles. The second-order valence-electron chi connectivity index (χ2n) is 3.66. The van der Waals surface area contributed by atoms with Crippen molar-refractivity contribution < 1.29 is 18.0 Å². The lowest BCUT2D eigenvalue weighted by atomic mass is 10.4. The van der Waals surface area contributed by atoms with Crippen LogP contribution in [0.4, 0.5) is 24.8 Å². The van der Waals surface area contributed by atoms with Crippen molar-refractivity contribution in [1.82, 2.24) is 9.97 Å². The van der Waals surface area contributed by atoms with Crippen LogP contribution in [0, 0.1) is 0 Å². The first kappa shape index (κ1) is 15.0. The zero-order valence-electron chi connectivity index (χ0n) is 10.5. The van der Waals surface area contributed by atoms with Crippen molar-refractivity contribution in [2.45, 2.75) is 13.1 Å². The van der Waals surface area contributed by atoms with Gasteiger partial charge in [-0.1, -0.05) is 0 Å². The molecule has 1 aromatic heterocycles. The third-order valence-electron chi connectivity index (χ3n) is 2.27. The number of likely N-dealkylation sites (N-methyl/N-ethyl adjacent to an activating group) is 1. The summed E-state index contributed by atoms with van der Waals surface area (Å²) >= 11 is 0. The van der Waals surface area contributed by atoms with Crippen LogP contribution >= 0.6 is 0 Å². The molecule has 0 fully saturated rings. The summed E-state index contributed by atoms with van der Waals surface area (Å²) in [6, 6.07) is 1.32. The normalized spacial score (nSPS) is 11.2. The number of anilines is 2. The lowest BCUT2D eigenvalue weighted by Crippen LogP contribution is -2.34. The summed E-state index contributed by atoms with van der Waals surface area (Å²) in [5.74, 6) is -1.91. The molecule has 0 saturated carbocycles. The molecule has 0 unspecified atom stereocenters. The van der Waals surface area contributed by atoms with E-state index in [0.29, 0.717) is 6.54 Å². The van der Waals surface area contributed by atoms with Gasteiger partial charge in [-0.15, -0.1) is 0 Å². The summed E-state index contributed by atoms with van der Waals surface area (Å²) in [7, 11) is 1.44. The predicted molar refractivity (Wildman–Crippen MR) is 63.7 cm³/mol. The van der Waals surface area contributed by atoms with Gasteiger partial charge in [0.1, 0.15) is 11.6 Å². The van der Waals surface area contributed by atoms with Gasteiger partial charge in [0.05, 0.1) is 6.54 Å². The third kappa shape index (κ3) is 3.97. The van der Waals surface area contributed by atoms with Gasteiger partial charge >= 0.3 is 6.18 Å². The molecule has 0 aliphatic carbocycles. The SMILES string of the molecule is CCN(CC(N)=O)c1cc(NC)nc(C(F)(F)F)n1. The number of carbonyl (C=O) groups excluding carboxylic acids is 1. The molecule has 0 atom stereocenters. The third-order valence-corrected chi connectivity index (χ3v) is 2.27. The van der Waals surface area contributed by atoms with Gasteiger partial charge in [0.2, 0.25) is 11.7 Å². The van der Waals surface area contributed by atoms with E-state index in [4.69, 9.17) is 5.73 Å². The van der Waals surface area contributed by atoms with E-state index < -0.39 is 17.9 Å². The van der Waals surface area contributed by atoms with Crippen molar-refractivity contribution >= 4 is 17.5 Å². The van der Waals surface area contributed by atoms with E-state index in [-0.39, 0.29) is 18.2 Å². The van der Waals surface area contributed by atoms with Crippen LogP contribution in [0.1, 0.15) is 12.7 Å². The highest BCUT2D eigenvalue weighted by molar-refractivity contribution is 5.79. The van der Waals surface area contributed by atoms with Crippen LogP contribution in [0.15, 0.2) is 6.07 Å². The molecule has 0 aliphatic rings. The fraction of sp³-hybridized carbons (Fsp3) is 0.500. The smallest absolute Gasteiger partial charge is 0.373 e. The molecular weight excluding hydrogens is 263 g/mol. The largest absolute Gasteiger partial charge is 0.451 e. The van der Waals surface area contributed by atoms with Crippen molar-refractivity contribution in [3.8, 4) is 0 Å². The summed E-state index contributed by atoms with van der Waals surface area (Å²) in [4.78, 5) is 19.0. The van der Waals surface area contributed by atoms with Crippen molar-refractivity contribution in [3.05, 3.63) is 11.9 Å². The summed E-state index contributed by atoms with van der Waals surface area (Å²) in [5, 5.41) is 2.52. The fourth-order valence-corrected chi connectivity index (χ4v) is 1.39. The molecule has 0 aromatic carbocycles. The monoisotopic (exact) mass is 277 g/mol. The number of rotatable bonds is 5. The van der Waals surface area contributed by atoms with Gasteiger partial charge in [0, 0.05) is 19.7 Å². The first-order valence-electron chi connectivity index (χ1n) is 5.45. The maximum absolute atomic E-state index is 12.7. The second-order valence-corrected chi connectivity index (χ2v) is 3.66. The van der Waals surface area contributed by atoms with Gasteiger partial charge in [0.25, 0.3) is 0 Å². The lowest BCUT2D eigenvalue weighted by molar-refractivity contribution is -0.144. The summed E-state index contributed by atoms with van der Waals surface area (Å²) in [6.45, 7) is 1.76. The molecule has 0 bridgehead atoms. The number of primary amides is 1. The Morgan fingerprint density at radius 1 is 1.47 bits per heavy atom. The number of nitrogens with one attached hydrogen (secondary N) is 1. The zero-order chi connectivity index (χ0) is 14.6. The van der Waals surface area contributed by atoms with Gasteiger partial charge in [-0.2, -0.15) is 13.2 Å². The van der Waals surface area contributed by atoms with Gasteiger partial charge < -0.3 is 16.0 Å². The summed E-state index contributed by atoms with van der Waals surface area (Å²) in [6.07, 6.45) is -4.66. The minimum Gasteiger partial charge on any atom is -0.373 e. The van der Waals surface area contributed by atoms with Gasteiger partial charge in [-0.05, 0) is 6.92 Å². The molecule has 1 heterocycles. The van der Waals surface area contributed by atoms with Crippen LogP contribution < -0.4 is 16.0 Å². The highest BCUT2D eigenvalue weighted by Crippen LogP contribution is 2.29. The van der Waals surface area contributed by atoms with Crippen LogP contribution in [0.25, 0.3) is 0 Å². The van der Waals surface area contributed by atoms with Gasteiger partial charge in [0.15, 0.2) is 0 Å². The Balaban J connectivity index is 3.22. The first-order valence-corrected chi connectivity index (χ1v) is 5.45. The molecule has 106 valence electrons. The number of hydrogen-bond acceptors (Lipinski definition) is 5. The van der Waals surface area contributed by atoms with E-state index in [1.807, 2.05) is 0 Å². The summed E-state index contributed by atoms with van der Waals surface area (Å²) < 4.78 is 38.0. The van der Waals surface area contributed by atoms with Crippen molar-refractivity contribution in [1.29, 1.82) is 0 Å². The van der Waals surface area contributed by atoms with E-state index in [1.54, 1.807) is 6.92 Å². The number of alkyl halides is 3. The summed E-state index contributed by atoms with van der Waals surface area (Å²) in [5.41, 5.74) is 5.04. The van der Waals surface area contributed by atoms with E-state index in [2.05, 4.69) is 15.3 Å². The molecule has 1 aromatic rings. The average Bonchev–Trinajstić information content (AvgIpc) is 2.34. The topological polar surface area (TPSA) is 84.1 Å². The maximum atomic E-state index is 12.7. The zero-order valence-corrected chi connectivity index (χ0v) is 10.5. The number of amides is 1. The highest BCUT2D eigenvalue weighted by Gasteiger charge is 2.35. The Morgan fingerprint density at radius 3 is 2.53 bits per heavy atom. The lowest BCUT2D eigenvalue weighted by Gasteiger charge is -2.21. The van der Waals surface area contributed by atoms with Crippen LogP contribution in [0.3, 0.4) is 0 Å². The Labute approximate surface area is 107 Å². The van der Waals surface area contributed by atoms with Crippen LogP contribution in [-0.4, -0.2) is 36.0 Å².